The Morgan fingerprint density at radius 2 is 2.38 bits per heavy atom. The number of carbonyl (C=O) groups is 1. The number of hydrogen-bond acceptors (Lipinski definition) is 2. The number of halogens is 1. The van der Waals surface area contributed by atoms with Crippen LogP contribution in [0.3, 0.4) is 0 Å². The third-order valence-electron chi connectivity index (χ3n) is 0.598. The van der Waals surface area contributed by atoms with Crippen LogP contribution in [0.25, 0.3) is 0 Å². The summed E-state index contributed by atoms with van der Waals surface area (Å²) in [4.78, 5) is 10.3. The smallest absolute Gasteiger partial charge is 0.222 e. The molecule has 0 aromatic heterocycles. The van der Waals surface area contributed by atoms with Crippen molar-refractivity contribution < 1.29 is 9.90 Å². The van der Waals surface area contributed by atoms with E-state index in [0.717, 1.165) is 0 Å². The third kappa shape index (κ3) is 3.89. The minimum absolute atomic E-state index is 0.220. The molecule has 0 aliphatic carbocycles. The highest BCUT2D eigenvalue weighted by Crippen LogP contribution is 1.81. The predicted molar refractivity (Wildman–Crippen MR) is 30.6 cm³/mol. The van der Waals surface area contributed by atoms with Gasteiger partial charge in [-0.2, -0.15) is 0 Å². The molecule has 0 saturated carbocycles. The van der Waals surface area contributed by atoms with E-state index in [-0.39, 0.29) is 19.1 Å². The lowest BCUT2D eigenvalue weighted by Crippen LogP contribution is -2.23. The third-order valence-corrected chi connectivity index (χ3v) is 0.787. The number of carbonyl (C=O) groups excluding carboxylic acids is 1. The van der Waals surface area contributed by atoms with Crippen LogP contribution in [0.1, 0.15) is 6.42 Å². The highest BCUT2D eigenvalue weighted by atomic mass is 35.5. The minimum atomic E-state index is -0.310. The van der Waals surface area contributed by atoms with Crippen LogP contribution in [-0.2, 0) is 4.79 Å². The van der Waals surface area contributed by atoms with Crippen molar-refractivity contribution in [1.82, 2.24) is 5.32 Å². The molecule has 0 unspecified atom stereocenters. The second-order valence-electron chi connectivity index (χ2n) is 1.20. The summed E-state index contributed by atoms with van der Waals surface area (Å²) in [5.74, 6) is 0.0775. The van der Waals surface area contributed by atoms with Gasteiger partial charge in [-0.25, -0.2) is 0 Å². The average molecular weight is 138 g/mol. The first kappa shape index (κ1) is 7.72. The summed E-state index contributed by atoms with van der Waals surface area (Å²) >= 11 is 5.19. The molecule has 0 rings (SSSR count). The molecule has 0 bridgehead atoms. The Hall–Kier alpha value is -0.280. The van der Waals surface area contributed by atoms with Crippen LogP contribution >= 0.6 is 11.6 Å². The standard InChI is InChI=1S/C4H8ClNO2/c5-2-1-4(8)6-3-7/h7H,1-3H2,(H,6,8). The summed E-state index contributed by atoms with van der Waals surface area (Å²) in [6, 6.07) is 0. The van der Waals surface area contributed by atoms with Crippen LogP contribution in [0.5, 0.6) is 0 Å². The predicted octanol–water partition coefficient (Wildman–Crippen LogP) is -0.319. The fourth-order valence-electron chi connectivity index (χ4n) is 0.262. The minimum Gasteiger partial charge on any atom is -0.377 e. The lowest BCUT2D eigenvalue weighted by atomic mass is 10.5. The highest BCUT2D eigenvalue weighted by Gasteiger charge is 1.94. The zero-order valence-electron chi connectivity index (χ0n) is 4.35. The normalized spacial score (nSPS) is 8.75. The molecule has 0 radical (unpaired) electrons. The molecule has 0 atom stereocenters. The summed E-state index contributed by atoms with van der Waals surface area (Å²) in [6.45, 7) is -0.310. The molecule has 0 heterocycles. The van der Waals surface area contributed by atoms with Gasteiger partial charge in [0.25, 0.3) is 0 Å². The highest BCUT2D eigenvalue weighted by molar-refractivity contribution is 6.18. The molecule has 0 spiro atoms. The van der Waals surface area contributed by atoms with Gasteiger partial charge in [0, 0.05) is 12.3 Å². The maximum Gasteiger partial charge on any atom is 0.222 e. The van der Waals surface area contributed by atoms with Crippen molar-refractivity contribution in [3.63, 3.8) is 0 Å². The largest absolute Gasteiger partial charge is 0.377 e. The van der Waals surface area contributed by atoms with E-state index < -0.39 is 0 Å². The fourth-order valence-corrected chi connectivity index (χ4v) is 0.434. The molecule has 48 valence electrons. The van der Waals surface area contributed by atoms with E-state index in [4.69, 9.17) is 16.7 Å². The van der Waals surface area contributed by atoms with Gasteiger partial charge in [0.05, 0.1) is 0 Å². The van der Waals surface area contributed by atoms with Crippen molar-refractivity contribution in [2.45, 2.75) is 6.42 Å². The number of amides is 1. The molecular weight excluding hydrogens is 130 g/mol. The van der Waals surface area contributed by atoms with Crippen molar-refractivity contribution >= 4 is 17.5 Å². The second-order valence-corrected chi connectivity index (χ2v) is 1.58. The van der Waals surface area contributed by atoms with E-state index in [9.17, 15) is 4.79 Å². The van der Waals surface area contributed by atoms with Crippen molar-refractivity contribution in [2.75, 3.05) is 12.6 Å². The monoisotopic (exact) mass is 137 g/mol. The van der Waals surface area contributed by atoms with Gasteiger partial charge in [0.15, 0.2) is 0 Å². The summed E-state index contributed by atoms with van der Waals surface area (Å²) in [6.07, 6.45) is 0.266. The van der Waals surface area contributed by atoms with Gasteiger partial charge in [-0.3, -0.25) is 4.79 Å². The van der Waals surface area contributed by atoms with Crippen LogP contribution in [0.4, 0.5) is 0 Å². The summed E-state index contributed by atoms with van der Waals surface area (Å²) in [5, 5.41) is 10.3. The van der Waals surface area contributed by atoms with Crippen LogP contribution < -0.4 is 5.32 Å². The Morgan fingerprint density at radius 1 is 1.75 bits per heavy atom. The molecule has 0 aliphatic heterocycles. The van der Waals surface area contributed by atoms with Gasteiger partial charge in [0.1, 0.15) is 6.73 Å². The Morgan fingerprint density at radius 3 is 2.75 bits per heavy atom. The molecule has 1 amide bonds. The topological polar surface area (TPSA) is 49.3 Å². The Labute approximate surface area is 52.6 Å². The average Bonchev–Trinajstić information content (AvgIpc) is 1.68. The molecule has 0 fully saturated rings. The number of rotatable bonds is 3. The Balaban J connectivity index is 3.06. The van der Waals surface area contributed by atoms with E-state index in [1.165, 1.54) is 0 Å². The first-order valence-corrected chi connectivity index (χ1v) is 2.78. The first-order chi connectivity index (χ1) is 3.81. The van der Waals surface area contributed by atoms with Crippen LogP contribution in [0.15, 0.2) is 0 Å². The number of alkyl halides is 1. The van der Waals surface area contributed by atoms with Gasteiger partial charge >= 0.3 is 0 Å². The lowest BCUT2D eigenvalue weighted by Gasteiger charge is -1.95. The number of aliphatic hydroxyl groups is 1. The molecule has 0 saturated heterocycles. The zero-order chi connectivity index (χ0) is 6.41. The maximum atomic E-state index is 10.3. The van der Waals surface area contributed by atoms with E-state index in [1.54, 1.807) is 0 Å². The lowest BCUT2D eigenvalue weighted by molar-refractivity contribution is -0.121. The number of aliphatic hydroxyl groups excluding tert-OH is 1. The summed E-state index contributed by atoms with van der Waals surface area (Å²) in [5.41, 5.74) is 0. The molecule has 2 N–H and O–H groups in total. The molecule has 0 aromatic rings. The number of hydrogen-bond donors (Lipinski definition) is 2. The molecular formula is C4H8ClNO2. The summed E-state index contributed by atoms with van der Waals surface area (Å²) in [7, 11) is 0. The van der Waals surface area contributed by atoms with Gasteiger partial charge in [0.2, 0.25) is 5.91 Å². The van der Waals surface area contributed by atoms with E-state index in [1.807, 2.05) is 0 Å². The van der Waals surface area contributed by atoms with E-state index in [0.29, 0.717) is 5.88 Å². The molecule has 0 aromatic carbocycles. The van der Waals surface area contributed by atoms with Crippen molar-refractivity contribution in [3.05, 3.63) is 0 Å². The molecule has 3 nitrogen and oxygen atoms in total. The van der Waals surface area contributed by atoms with E-state index >= 15 is 0 Å². The Bertz CT molecular complexity index is 68.4. The molecule has 0 aliphatic rings. The maximum absolute atomic E-state index is 10.3. The molecule has 4 heteroatoms. The van der Waals surface area contributed by atoms with Gasteiger partial charge in [-0.1, -0.05) is 0 Å². The van der Waals surface area contributed by atoms with Crippen LogP contribution in [0.2, 0.25) is 0 Å². The Kier molecular flexibility index (Phi) is 4.70. The van der Waals surface area contributed by atoms with Crippen LogP contribution in [-0.4, -0.2) is 23.6 Å². The fraction of sp³-hybridized carbons (Fsp3) is 0.750. The van der Waals surface area contributed by atoms with Gasteiger partial charge in [-0.15, -0.1) is 11.6 Å². The second kappa shape index (κ2) is 4.87. The molecule has 8 heavy (non-hydrogen) atoms. The zero-order valence-corrected chi connectivity index (χ0v) is 5.11. The van der Waals surface area contributed by atoms with Crippen molar-refractivity contribution in [2.24, 2.45) is 0 Å². The van der Waals surface area contributed by atoms with Gasteiger partial charge < -0.3 is 10.4 Å². The van der Waals surface area contributed by atoms with Crippen molar-refractivity contribution in [3.8, 4) is 0 Å². The van der Waals surface area contributed by atoms with E-state index in [2.05, 4.69) is 5.32 Å². The first-order valence-electron chi connectivity index (χ1n) is 2.24. The van der Waals surface area contributed by atoms with Crippen molar-refractivity contribution in [1.29, 1.82) is 0 Å². The SMILES string of the molecule is O=C(CCCl)NCO. The summed E-state index contributed by atoms with van der Waals surface area (Å²) < 4.78 is 0. The van der Waals surface area contributed by atoms with Gasteiger partial charge in [-0.05, 0) is 0 Å². The quantitative estimate of drug-likeness (QED) is 0.414. The van der Waals surface area contributed by atoms with Crippen LogP contribution in [0, 0.1) is 0 Å². The number of nitrogens with one attached hydrogen (secondary N) is 1.